The Labute approximate surface area is 90.4 Å². The maximum atomic E-state index is 8.17. The molecule has 0 heterocycles. The van der Waals surface area contributed by atoms with E-state index in [9.17, 15) is 0 Å². The number of rotatable bonds is 7. The van der Waals surface area contributed by atoms with Gasteiger partial charge in [-0.2, -0.15) is 0 Å². The summed E-state index contributed by atoms with van der Waals surface area (Å²) in [5, 5.41) is 24.0. The van der Waals surface area contributed by atoms with Crippen LogP contribution in [0.4, 0.5) is 0 Å². The Morgan fingerprint density at radius 2 is 1.33 bits per heavy atom. The maximum Gasteiger partial charge on any atom is 0.104 e. The van der Waals surface area contributed by atoms with Crippen LogP contribution in [-0.4, -0.2) is 75.3 Å². The predicted octanol–water partition coefficient (Wildman–Crippen LogP) is -1.37. The third-order valence-electron chi connectivity index (χ3n) is 1.46. The molecule has 0 aliphatic rings. The zero-order valence-electron chi connectivity index (χ0n) is 9.55. The quantitative estimate of drug-likeness (QED) is 0.496. The minimum absolute atomic E-state index is 0.0694. The fourth-order valence-corrected chi connectivity index (χ4v) is 0.614. The Bertz CT molecular complexity index is 101. The van der Waals surface area contributed by atoms with Crippen LogP contribution in [0.1, 0.15) is 0 Å². The van der Waals surface area contributed by atoms with E-state index >= 15 is 0 Å². The van der Waals surface area contributed by atoms with Crippen LogP contribution in [0.25, 0.3) is 0 Å². The molecule has 0 aromatic rings. The highest BCUT2D eigenvalue weighted by atomic mass is 16.5. The van der Waals surface area contributed by atoms with Gasteiger partial charge in [0, 0.05) is 21.3 Å². The average Bonchev–Trinajstić information content (AvgIpc) is 2.28. The summed E-state index contributed by atoms with van der Waals surface area (Å²) < 4.78 is 14.7. The van der Waals surface area contributed by atoms with Crippen LogP contribution in [0.5, 0.6) is 0 Å². The van der Waals surface area contributed by atoms with Crippen LogP contribution in [0.3, 0.4) is 0 Å². The Morgan fingerprint density at radius 1 is 0.933 bits per heavy atom. The average molecular weight is 226 g/mol. The summed E-state index contributed by atoms with van der Waals surface area (Å²) in [6, 6.07) is 0. The number of methoxy groups -OCH3 is 3. The normalized spacial score (nSPS) is 10.4. The summed E-state index contributed by atoms with van der Waals surface area (Å²) in [6.45, 7) is 0.446. The second kappa shape index (κ2) is 13.8. The van der Waals surface area contributed by atoms with Gasteiger partial charge in [-0.25, -0.2) is 0 Å². The van der Waals surface area contributed by atoms with Crippen LogP contribution in [0.15, 0.2) is 0 Å². The van der Waals surface area contributed by atoms with Crippen LogP contribution < -0.4 is 0 Å². The Kier molecular flexibility index (Phi) is 15.7. The van der Waals surface area contributed by atoms with Crippen LogP contribution in [-0.2, 0) is 14.2 Å². The van der Waals surface area contributed by atoms with Crippen LogP contribution >= 0.6 is 0 Å². The van der Waals surface area contributed by atoms with E-state index in [0.29, 0.717) is 13.2 Å². The van der Waals surface area contributed by atoms with Crippen molar-refractivity contribution in [1.82, 2.24) is 0 Å². The first-order chi connectivity index (χ1) is 7.15. The highest BCUT2D eigenvalue weighted by molar-refractivity contribution is 4.51. The third kappa shape index (κ3) is 13.8. The second-order valence-corrected chi connectivity index (χ2v) is 2.79. The van der Waals surface area contributed by atoms with E-state index < -0.39 is 6.10 Å². The zero-order valence-corrected chi connectivity index (χ0v) is 9.55. The molecule has 0 aromatic heterocycles. The van der Waals surface area contributed by atoms with Gasteiger partial charge in [-0.3, -0.25) is 0 Å². The maximum absolute atomic E-state index is 8.17. The van der Waals surface area contributed by atoms with E-state index in [1.165, 1.54) is 0 Å². The number of hydrogen-bond acceptors (Lipinski definition) is 6. The van der Waals surface area contributed by atoms with E-state index in [1.54, 1.807) is 21.3 Å². The molecule has 0 aromatic carbocycles. The summed E-state index contributed by atoms with van der Waals surface area (Å²) in [4.78, 5) is 0. The zero-order chi connectivity index (χ0) is 12.1. The van der Waals surface area contributed by atoms with Crippen molar-refractivity contribution in [3.63, 3.8) is 0 Å². The lowest BCUT2D eigenvalue weighted by Gasteiger charge is -2.11. The SMILES string of the molecule is COCC(COC)OC.OCC(O)CO. The number of aliphatic hydroxyl groups is 3. The van der Waals surface area contributed by atoms with Gasteiger partial charge in [-0.1, -0.05) is 0 Å². The summed E-state index contributed by atoms with van der Waals surface area (Å²) in [5.74, 6) is 0. The van der Waals surface area contributed by atoms with Crippen LogP contribution in [0.2, 0.25) is 0 Å². The third-order valence-corrected chi connectivity index (χ3v) is 1.46. The van der Waals surface area contributed by atoms with Gasteiger partial charge in [0.15, 0.2) is 0 Å². The fourth-order valence-electron chi connectivity index (χ4n) is 0.614. The van der Waals surface area contributed by atoms with Crippen molar-refractivity contribution in [1.29, 1.82) is 0 Å². The number of hydrogen-bond donors (Lipinski definition) is 3. The Hall–Kier alpha value is -0.240. The molecule has 0 radical (unpaired) electrons. The molecule has 0 aliphatic heterocycles. The van der Waals surface area contributed by atoms with Gasteiger partial charge in [-0.05, 0) is 0 Å². The molecule has 0 aliphatic carbocycles. The molecule has 0 saturated heterocycles. The van der Waals surface area contributed by atoms with Crippen molar-refractivity contribution in [2.45, 2.75) is 12.2 Å². The van der Waals surface area contributed by atoms with Crippen LogP contribution in [0, 0.1) is 0 Å². The summed E-state index contributed by atoms with van der Waals surface area (Å²) in [6.07, 6.45) is -0.884. The van der Waals surface area contributed by atoms with Gasteiger partial charge in [-0.15, -0.1) is 0 Å². The first-order valence-electron chi connectivity index (χ1n) is 4.56. The first kappa shape index (κ1) is 17.2. The topological polar surface area (TPSA) is 88.4 Å². The molecule has 0 rings (SSSR count). The van der Waals surface area contributed by atoms with E-state index in [-0.39, 0.29) is 19.3 Å². The van der Waals surface area contributed by atoms with Crippen molar-refractivity contribution >= 4 is 0 Å². The molecule has 15 heavy (non-hydrogen) atoms. The molecule has 0 spiro atoms. The van der Waals surface area contributed by atoms with E-state index in [0.717, 1.165) is 0 Å². The largest absolute Gasteiger partial charge is 0.394 e. The molecule has 0 atom stereocenters. The molecule has 6 heteroatoms. The highest BCUT2D eigenvalue weighted by Gasteiger charge is 2.03. The van der Waals surface area contributed by atoms with Crippen molar-refractivity contribution < 1.29 is 29.5 Å². The van der Waals surface area contributed by atoms with Crippen molar-refractivity contribution in [3.05, 3.63) is 0 Å². The van der Waals surface area contributed by atoms with Gasteiger partial charge in [0.1, 0.15) is 12.2 Å². The molecular weight excluding hydrogens is 204 g/mol. The minimum Gasteiger partial charge on any atom is -0.394 e. The summed E-state index contributed by atoms with van der Waals surface area (Å²) >= 11 is 0. The van der Waals surface area contributed by atoms with Gasteiger partial charge in [0.25, 0.3) is 0 Å². The molecule has 6 nitrogen and oxygen atoms in total. The smallest absolute Gasteiger partial charge is 0.104 e. The van der Waals surface area contributed by atoms with Gasteiger partial charge in [0.2, 0.25) is 0 Å². The Balaban J connectivity index is 0. The summed E-state index contributed by atoms with van der Waals surface area (Å²) in [7, 11) is 4.92. The predicted molar refractivity (Wildman–Crippen MR) is 54.7 cm³/mol. The highest BCUT2D eigenvalue weighted by Crippen LogP contribution is 1.89. The van der Waals surface area contributed by atoms with Gasteiger partial charge >= 0.3 is 0 Å². The first-order valence-corrected chi connectivity index (χ1v) is 4.56. The molecular formula is C9H22O6. The number of ether oxygens (including phenoxy) is 3. The monoisotopic (exact) mass is 226 g/mol. The molecule has 0 bridgehead atoms. The Morgan fingerprint density at radius 3 is 1.47 bits per heavy atom. The lowest BCUT2D eigenvalue weighted by atomic mass is 10.4. The summed E-state index contributed by atoms with van der Waals surface area (Å²) in [5.41, 5.74) is 0. The minimum atomic E-state index is -0.954. The standard InChI is InChI=1S/C6H14O3.C3H8O3/c1-7-4-6(9-3)5-8-2;4-1-3(6)2-5/h6H,4-5H2,1-3H3;3-6H,1-2H2. The van der Waals surface area contributed by atoms with Crippen molar-refractivity contribution in [2.24, 2.45) is 0 Å². The van der Waals surface area contributed by atoms with E-state index in [2.05, 4.69) is 0 Å². The van der Waals surface area contributed by atoms with Gasteiger partial charge < -0.3 is 29.5 Å². The fraction of sp³-hybridized carbons (Fsp3) is 1.00. The second-order valence-electron chi connectivity index (χ2n) is 2.79. The molecule has 0 unspecified atom stereocenters. The number of aliphatic hydroxyl groups excluding tert-OH is 3. The molecule has 0 amide bonds. The lowest BCUT2D eigenvalue weighted by Crippen LogP contribution is -2.22. The van der Waals surface area contributed by atoms with Crippen molar-refractivity contribution in [3.8, 4) is 0 Å². The molecule has 0 saturated carbocycles. The lowest BCUT2D eigenvalue weighted by molar-refractivity contribution is -0.0178. The molecule has 0 fully saturated rings. The molecule has 94 valence electrons. The molecule has 3 N–H and O–H groups in total. The van der Waals surface area contributed by atoms with Gasteiger partial charge in [0.05, 0.1) is 26.4 Å². The van der Waals surface area contributed by atoms with E-state index in [1.807, 2.05) is 0 Å². The van der Waals surface area contributed by atoms with Crippen molar-refractivity contribution in [2.75, 3.05) is 47.8 Å². The van der Waals surface area contributed by atoms with E-state index in [4.69, 9.17) is 29.5 Å².